The number of nitrogens with zero attached hydrogens (tertiary/aromatic N) is 1. The maximum atomic E-state index is 2.45. The number of benzene rings is 11. The van der Waals surface area contributed by atoms with Crippen molar-refractivity contribution in [2.24, 2.45) is 0 Å². The maximum absolute atomic E-state index is 2.45. The fourth-order valence-electron chi connectivity index (χ4n) is 9.09. The van der Waals surface area contributed by atoms with Crippen LogP contribution >= 0.6 is 0 Å². The van der Waals surface area contributed by atoms with Crippen LogP contribution in [0.5, 0.6) is 0 Å². The Morgan fingerprint density at radius 2 is 0.684 bits per heavy atom. The van der Waals surface area contributed by atoms with Crippen molar-refractivity contribution in [3.63, 3.8) is 0 Å². The molecule has 0 aromatic heterocycles. The fourth-order valence-corrected chi connectivity index (χ4v) is 9.09. The molecule has 0 N–H and O–H groups in total. The largest absolute Gasteiger partial charge is 0.309 e. The molecule has 11 aromatic carbocycles. The van der Waals surface area contributed by atoms with Gasteiger partial charge in [-0.3, -0.25) is 0 Å². The highest BCUT2D eigenvalue weighted by Crippen LogP contribution is 2.50. The van der Waals surface area contributed by atoms with Gasteiger partial charge < -0.3 is 4.90 Å². The van der Waals surface area contributed by atoms with Gasteiger partial charge in [0.15, 0.2) is 0 Å². The Morgan fingerprint density at radius 3 is 1.25 bits per heavy atom. The number of rotatable bonds is 6. The quantitative estimate of drug-likeness (QED) is 0.154. The highest BCUT2D eigenvalue weighted by Gasteiger charge is 2.22. The van der Waals surface area contributed by atoms with Crippen LogP contribution in [0.1, 0.15) is 0 Å². The van der Waals surface area contributed by atoms with Crippen LogP contribution in [0.3, 0.4) is 0 Å². The monoisotopic (exact) mass is 723 g/mol. The first-order valence-electron chi connectivity index (χ1n) is 19.7. The molecule has 57 heavy (non-hydrogen) atoms. The number of fused-ring (bicyclic) bond motifs is 8. The summed E-state index contributed by atoms with van der Waals surface area (Å²) >= 11 is 0. The number of hydrogen-bond donors (Lipinski definition) is 0. The number of hydrogen-bond acceptors (Lipinski definition) is 1. The van der Waals surface area contributed by atoms with Gasteiger partial charge in [-0.05, 0) is 107 Å². The topological polar surface area (TPSA) is 3.24 Å². The van der Waals surface area contributed by atoms with Gasteiger partial charge in [-0.25, -0.2) is 0 Å². The Bertz CT molecular complexity index is 3180. The van der Waals surface area contributed by atoms with Crippen LogP contribution in [0, 0.1) is 0 Å². The molecule has 1 heteroatoms. The van der Waals surface area contributed by atoms with Crippen molar-refractivity contribution in [2.75, 3.05) is 4.90 Å². The molecule has 11 aromatic rings. The van der Waals surface area contributed by atoms with Gasteiger partial charge in [-0.2, -0.15) is 0 Å². The third-order valence-electron chi connectivity index (χ3n) is 11.6. The zero-order chi connectivity index (χ0) is 37.7. The summed E-state index contributed by atoms with van der Waals surface area (Å²) in [6, 6.07) is 82.1. The molecule has 0 fully saturated rings. The van der Waals surface area contributed by atoms with Crippen molar-refractivity contribution < 1.29 is 0 Å². The smallest absolute Gasteiger partial charge is 0.0540 e. The summed E-state index contributed by atoms with van der Waals surface area (Å²) in [5.41, 5.74) is 10.7. The van der Waals surface area contributed by atoms with Crippen molar-refractivity contribution in [1.29, 1.82) is 0 Å². The van der Waals surface area contributed by atoms with Crippen molar-refractivity contribution in [2.45, 2.75) is 0 Å². The second kappa shape index (κ2) is 13.7. The van der Waals surface area contributed by atoms with E-state index in [9.17, 15) is 0 Å². The minimum Gasteiger partial charge on any atom is -0.309 e. The molecule has 0 radical (unpaired) electrons. The molecule has 0 unspecified atom stereocenters. The molecule has 266 valence electrons. The molecule has 0 amide bonds. The van der Waals surface area contributed by atoms with Crippen LogP contribution in [0.25, 0.3) is 87.2 Å². The summed E-state index contributed by atoms with van der Waals surface area (Å²) in [5.74, 6) is 0. The zero-order valence-electron chi connectivity index (χ0n) is 31.3. The van der Waals surface area contributed by atoms with Gasteiger partial charge in [0.1, 0.15) is 0 Å². The van der Waals surface area contributed by atoms with Gasteiger partial charge in [-0.1, -0.05) is 194 Å². The van der Waals surface area contributed by atoms with Crippen molar-refractivity contribution in [1.82, 2.24) is 0 Å². The summed E-state index contributed by atoms with van der Waals surface area (Å²) in [7, 11) is 0. The molecule has 0 saturated heterocycles. The highest BCUT2D eigenvalue weighted by atomic mass is 15.1. The first-order valence-corrected chi connectivity index (χ1v) is 19.7. The van der Waals surface area contributed by atoms with E-state index in [1.54, 1.807) is 0 Å². The SMILES string of the molecule is c1ccc(-c2cc(-c3ccc(N(c4cccc5ccccc45)c4cccc5ccccc45)cc3)c3c4ccccc4c4ccccc4c3c2-c2ccccc2)cc1. The maximum Gasteiger partial charge on any atom is 0.0540 e. The molecule has 0 bridgehead atoms. The summed E-state index contributed by atoms with van der Waals surface area (Å²) in [6.45, 7) is 0. The Labute approximate surface area is 332 Å². The van der Waals surface area contributed by atoms with Gasteiger partial charge in [0.25, 0.3) is 0 Å². The lowest BCUT2D eigenvalue weighted by Gasteiger charge is -2.28. The van der Waals surface area contributed by atoms with Crippen LogP contribution in [0.2, 0.25) is 0 Å². The molecule has 11 rings (SSSR count). The number of anilines is 3. The minimum atomic E-state index is 1.11. The van der Waals surface area contributed by atoms with E-state index in [0.717, 1.165) is 17.1 Å². The Hall–Kier alpha value is -7.48. The molecule has 0 aliphatic carbocycles. The van der Waals surface area contributed by atoms with Gasteiger partial charge in [0.05, 0.1) is 11.4 Å². The first kappa shape index (κ1) is 32.9. The Morgan fingerprint density at radius 1 is 0.263 bits per heavy atom. The molecular formula is C56H37N. The van der Waals surface area contributed by atoms with Crippen LogP contribution in [-0.4, -0.2) is 0 Å². The third-order valence-corrected chi connectivity index (χ3v) is 11.6. The summed E-state index contributed by atoms with van der Waals surface area (Å²) in [6.07, 6.45) is 0. The van der Waals surface area contributed by atoms with Crippen molar-refractivity contribution in [3.8, 4) is 33.4 Å². The molecule has 0 heterocycles. The lowest BCUT2D eigenvalue weighted by atomic mass is 9.81. The molecule has 0 spiro atoms. The first-order chi connectivity index (χ1) is 28.3. The average molecular weight is 724 g/mol. The third kappa shape index (κ3) is 5.47. The van der Waals surface area contributed by atoms with Crippen molar-refractivity contribution in [3.05, 3.63) is 224 Å². The van der Waals surface area contributed by atoms with Crippen LogP contribution in [-0.2, 0) is 0 Å². The van der Waals surface area contributed by atoms with E-state index in [1.807, 2.05) is 0 Å². The van der Waals surface area contributed by atoms with E-state index in [-0.39, 0.29) is 0 Å². The fraction of sp³-hybridized carbons (Fsp3) is 0. The summed E-state index contributed by atoms with van der Waals surface area (Å²) in [4.78, 5) is 2.43. The lowest BCUT2D eigenvalue weighted by molar-refractivity contribution is 1.31. The zero-order valence-corrected chi connectivity index (χ0v) is 31.3. The van der Waals surface area contributed by atoms with Crippen LogP contribution < -0.4 is 4.90 Å². The van der Waals surface area contributed by atoms with Crippen LogP contribution in [0.4, 0.5) is 17.1 Å². The summed E-state index contributed by atoms with van der Waals surface area (Å²) < 4.78 is 0. The van der Waals surface area contributed by atoms with Gasteiger partial charge in [-0.15, -0.1) is 0 Å². The summed E-state index contributed by atoms with van der Waals surface area (Å²) in [5, 5.41) is 12.5. The van der Waals surface area contributed by atoms with Gasteiger partial charge in [0, 0.05) is 16.5 Å². The van der Waals surface area contributed by atoms with E-state index in [0.29, 0.717) is 0 Å². The predicted octanol–water partition coefficient (Wildman–Crippen LogP) is 15.9. The van der Waals surface area contributed by atoms with Crippen LogP contribution in [0.15, 0.2) is 224 Å². The van der Waals surface area contributed by atoms with Crippen molar-refractivity contribution >= 4 is 70.9 Å². The molecular weight excluding hydrogens is 687 g/mol. The highest BCUT2D eigenvalue weighted by molar-refractivity contribution is 6.33. The second-order valence-corrected chi connectivity index (χ2v) is 14.8. The van der Waals surface area contributed by atoms with E-state index in [1.165, 1.54) is 87.2 Å². The van der Waals surface area contributed by atoms with Gasteiger partial charge >= 0.3 is 0 Å². The molecule has 1 nitrogen and oxygen atoms in total. The molecule has 0 atom stereocenters. The Kier molecular flexibility index (Phi) is 7.89. The van der Waals surface area contributed by atoms with E-state index in [4.69, 9.17) is 0 Å². The molecule has 0 saturated carbocycles. The lowest BCUT2D eigenvalue weighted by Crippen LogP contribution is -2.11. The second-order valence-electron chi connectivity index (χ2n) is 14.8. The molecule has 0 aliphatic rings. The standard InChI is InChI=1S/C56H37N/c1-3-17-40(18-4-1)50-37-51(55-48-29-13-11-27-46(48)47-28-12-14-30-49(47)56(55)54(50)42-21-5-2-6-22-42)41-33-35-43(36-34-41)57(52-31-15-23-38-19-7-9-25-44(38)52)53-32-16-24-39-20-8-10-26-45(39)53/h1-37H. The normalized spacial score (nSPS) is 11.5. The van der Waals surface area contributed by atoms with E-state index < -0.39 is 0 Å². The Balaban J connectivity index is 1.21. The average Bonchev–Trinajstić information content (AvgIpc) is 3.29. The van der Waals surface area contributed by atoms with Gasteiger partial charge in [0.2, 0.25) is 0 Å². The van der Waals surface area contributed by atoms with E-state index in [2.05, 4.69) is 229 Å². The predicted molar refractivity (Wildman–Crippen MR) is 245 cm³/mol. The minimum absolute atomic E-state index is 1.11. The molecule has 0 aliphatic heterocycles. The van der Waals surface area contributed by atoms with E-state index >= 15 is 0 Å².